The molecule has 5 nitrogen and oxygen atoms in total. The molecule has 1 aromatic carbocycles. The van der Waals surface area contributed by atoms with E-state index in [0.29, 0.717) is 19.3 Å². The van der Waals surface area contributed by atoms with E-state index in [0.717, 1.165) is 35.4 Å². The lowest BCUT2D eigenvalue weighted by molar-refractivity contribution is -0.141. The van der Waals surface area contributed by atoms with Crippen molar-refractivity contribution in [3.63, 3.8) is 0 Å². The van der Waals surface area contributed by atoms with Gasteiger partial charge >= 0.3 is 0 Å². The molecule has 2 fully saturated rings. The molecule has 2 saturated heterocycles. The van der Waals surface area contributed by atoms with E-state index in [9.17, 15) is 9.90 Å². The highest BCUT2D eigenvalue weighted by molar-refractivity contribution is 5.80. The first kappa shape index (κ1) is 16.3. The highest BCUT2D eigenvalue weighted by Gasteiger charge is 2.49. The largest absolute Gasteiger partial charge is 0.385 e. The third-order valence-electron chi connectivity index (χ3n) is 5.97. The molecule has 25 heavy (non-hydrogen) atoms. The summed E-state index contributed by atoms with van der Waals surface area (Å²) in [5.41, 5.74) is 3.03. The van der Waals surface area contributed by atoms with E-state index in [1.165, 1.54) is 0 Å². The van der Waals surface area contributed by atoms with Crippen LogP contribution in [-0.2, 0) is 16.8 Å². The summed E-state index contributed by atoms with van der Waals surface area (Å²) in [6.07, 6.45) is 3.61. The summed E-state index contributed by atoms with van der Waals surface area (Å²) in [7, 11) is 0. The highest BCUT2D eigenvalue weighted by atomic mass is 16.3. The standard InChI is InChI=1S/C20H25N3O2/c1-13-18(14(2)22-21-13)10-19(24)23-16-8-9-17(23)12-20(25,11-16)15-6-4-3-5-7-15/h3-7,16-17,25H,8-12H2,1-2H3,(H,21,22). The number of nitrogens with zero attached hydrogens (tertiary/aromatic N) is 2. The van der Waals surface area contributed by atoms with Crippen molar-refractivity contribution in [3.8, 4) is 0 Å². The van der Waals surface area contributed by atoms with Crippen LogP contribution in [0.25, 0.3) is 0 Å². The maximum absolute atomic E-state index is 13.0. The third-order valence-corrected chi connectivity index (χ3v) is 5.97. The minimum atomic E-state index is -0.814. The molecule has 1 amide bonds. The number of H-pyrrole nitrogens is 1. The summed E-state index contributed by atoms with van der Waals surface area (Å²) in [6, 6.07) is 10.2. The van der Waals surface area contributed by atoms with Gasteiger partial charge in [-0.05, 0) is 32.3 Å². The van der Waals surface area contributed by atoms with Crippen LogP contribution in [0, 0.1) is 13.8 Å². The minimum absolute atomic E-state index is 0.129. The number of benzene rings is 1. The van der Waals surface area contributed by atoms with E-state index in [4.69, 9.17) is 0 Å². The van der Waals surface area contributed by atoms with Gasteiger partial charge in [-0.25, -0.2) is 0 Å². The van der Waals surface area contributed by atoms with Crippen LogP contribution in [0.1, 0.15) is 48.2 Å². The average molecular weight is 339 g/mol. The predicted octanol–water partition coefficient (Wildman–Crippen LogP) is 2.61. The Balaban J connectivity index is 1.54. The number of aromatic nitrogens is 2. The number of aryl methyl sites for hydroxylation is 2. The lowest BCUT2D eigenvalue weighted by Crippen LogP contribution is -2.52. The predicted molar refractivity (Wildman–Crippen MR) is 95.0 cm³/mol. The summed E-state index contributed by atoms with van der Waals surface area (Å²) in [4.78, 5) is 15.0. The van der Waals surface area contributed by atoms with E-state index in [2.05, 4.69) is 10.2 Å². The lowest BCUT2D eigenvalue weighted by atomic mass is 9.80. The molecule has 2 aromatic rings. The second kappa shape index (κ2) is 5.99. The summed E-state index contributed by atoms with van der Waals surface area (Å²) >= 11 is 0. The Kier molecular flexibility index (Phi) is 3.91. The van der Waals surface area contributed by atoms with Crippen LogP contribution in [0.3, 0.4) is 0 Å². The first-order chi connectivity index (χ1) is 12.0. The average Bonchev–Trinajstić information content (AvgIpc) is 3.07. The first-order valence-electron chi connectivity index (χ1n) is 9.07. The van der Waals surface area contributed by atoms with Crippen molar-refractivity contribution >= 4 is 5.91 Å². The van der Waals surface area contributed by atoms with Gasteiger partial charge in [0.25, 0.3) is 0 Å². The van der Waals surface area contributed by atoms with Crippen molar-refractivity contribution in [3.05, 3.63) is 52.8 Å². The number of carbonyl (C=O) groups excluding carboxylic acids is 1. The number of aromatic amines is 1. The molecule has 0 radical (unpaired) electrons. The molecule has 2 aliphatic heterocycles. The Bertz CT molecular complexity index is 750. The number of hydrogen-bond acceptors (Lipinski definition) is 3. The second-order valence-electron chi connectivity index (χ2n) is 7.58. The molecule has 2 aliphatic rings. The summed E-state index contributed by atoms with van der Waals surface area (Å²) in [5.74, 6) is 0.162. The zero-order valence-electron chi connectivity index (χ0n) is 14.8. The number of carbonyl (C=O) groups is 1. The highest BCUT2D eigenvalue weighted by Crippen LogP contribution is 2.45. The number of fused-ring (bicyclic) bond motifs is 2. The van der Waals surface area contributed by atoms with E-state index < -0.39 is 5.60 Å². The molecule has 2 bridgehead atoms. The molecular weight excluding hydrogens is 314 g/mol. The van der Waals surface area contributed by atoms with Crippen LogP contribution in [-0.4, -0.2) is 38.2 Å². The molecule has 132 valence electrons. The molecule has 0 saturated carbocycles. The van der Waals surface area contributed by atoms with Crippen molar-refractivity contribution in [1.82, 2.24) is 15.1 Å². The Labute approximate surface area is 148 Å². The van der Waals surface area contributed by atoms with Crippen LogP contribution < -0.4 is 0 Å². The van der Waals surface area contributed by atoms with Gasteiger partial charge in [-0.1, -0.05) is 30.3 Å². The Hall–Kier alpha value is -2.14. The molecule has 1 aromatic heterocycles. The minimum Gasteiger partial charge on any atom is -0.385 e. The Morgan fingerprint density at radius 3 is 2.44 bits per heavy atom. The summed E-state index contributed by atoms with van der Waals surface area (Å²) in [6.45, 7) is 3.90. The van der Waals surface area contributed by atoms with Gasteiger partial charge < -0.3 is 10.0 Å². The van der Waals surface area contributed by atoms with Crippen molar-refractivity contribution in [2.24, 2.45) is 0 Å². The zero-order chi connectivity index (χ0) is 17.6. The van der Waals surface area contributed by atoms with Crippen molar-refractivity contribution < 1.29 is 9.90 Å². The number of piperidine rings is 1. The molecule has 3 heterocycles. The summed E-state index contributed by atoms with van der Waals surface area (Å²) in [5, 5.41) is 18.4. The molecule has 2 atom stereocenters. The second-order valence-corrected chi connectivity index (χ2v) is 7.58. The fourth-order valence-electron chi connectivity index (χ4n) is 4.69. The molecular formula is C20H25N3O2. The smallest absolute Gasteiger partial charge is 0.227 e. The first-order valence-corrected chi connectivity index (χ1v) is 9.07. The number of rotatable bonds is 3. The fourth-order valence-corrected chi connectivity index (χ4v) is 4.69. The SMILES string of the molecule is Cc1n[nH]c(C)c1CC(=O)N1C2CCC1CC(O)(c1ccccc1)C2. The van der Waals surface area contributed by atoms with Gasteiger partial charge in [-0.2, -0.15) is 5.10 Å². The fraction of sp³-hybridized carbons (Fsp3) is 0.500. The molecule has 0 aliphatic carbocycles. The Morgan fingerprint density at radius 1 is 1.24 bits per heavy atom. The molecule has 2 N–H and O–H groups in total. The van der Waals surface area contributed by atoms with E-state index >= 15 is 0 Å². The monoisotopic (exact) mass is 339 g/mol. The maximum Gasteiger partial charge on any atom is 0.227 e. The number of hydrogen-bond donors (Lipinski definition) is 2. The van der Waals surface area contributed by atoms with Crippen molar-refractivity contribution in [2.45, 2.75) is 63.6 Å². The van der Waals surface area contributed by atoms with Gasteiger partial charge in [0.2, 0.25) is 5.91 Å². The molecule has 2 unspecified atom stereocenters. The summed E-state index contributed by atoms with van der Waals surface area (Å²) < 4.78 is 0. The molecule has 5 heteroatoms. The molecule has 0 spiro atoms. The quantitative estimate of drug-likeness (QED) is 0.903. The van der Waals surface area contributed by atoms with Crippen LogP contribution >= 0.6 is 0 Å². The van der Waals surface area contributed by atoms with Gasteiger partial charge in [0.1, 0.15) is 0 Å². The molecule has 4 rings (SSSR count). The number of amides is 1. The van der Waals surface area contributed by atoms with Crippen molar-refractivity contribution in [1.29, 1.82) is 0 Å². The van der Waals surface area contributed by atoms with E-state index in [1.807, 2.05) is 49.1 Å². The van der Waals surface area contributed by atoms with Gasteiger partial charge in [-0.3, -0.25) is 9.89 Å². The van der Waals surface area contributed by atoms with Crippen molar-refractivity contribution in [2.75, 3.05) is 0 Å². The number of aliphatic hydroxyl groups is 1. The van der Waals surface area contributed by atoms with Gasteiger partial charge in [0, 0.05) is 36.2 Å². The van der Waals surface area contributed by atoms with Crippen LogP contribution in [0.4, 0.5) is 0 Å². The van der Waals surface area contributed by atoms with Gasteiger partial charge in [0.15, 0.2) is 0 Å². The topological polar surface area (TPSA) is 69.2 Å². The normalized spacial score (nSPS) is 28.4. The number of nitrogens with one attached hydrogen (secondary N) is 1. The van der Waals surface area contributed by atoms with Crippen LogP contribution in [0.2, 0.25) is 0 Å². The van der Waals surface area contributed by atoms with Gasteiger partial charge in [-0.15, -0.1) is 0 Å². The van der Waals surface area contributed by atoms with E-state index in [1.54, 1.807) is 0 Å². The van der Waals surface area contributed by atoms with Crippen LogP contribution in [0.15, 0.2) is 30.3 Å². The third kappa shape index (κ3) is 2.76. The van der Waals surface area contributed by atoms with E-state index in [-0.39, 0.29) is 18.0 Å². The maximum atomic E-state index is 13.0. The lowest BCUT2D eigenvalue weighted by Gasteiger charge is -2.44. The van der Waals surface area contributed by atoms with Gasteiger partial charge in [0.05, 0.1) is 17.7 Å². The van der Waals surface area contributed by atoms with Crippen LogP contribution in [0.5, 0.6) is 0 Å². The Morgan fingerprint density at radius 2 is 1.88 bits per heavy atom. The zero-order valence-corrected chi connectivity index (χ0v) is 14.8.